The van der Waals surface area contributed by atoms with E-state index >= 15 is 0 Å². The monoisotopic (exact) mass is 394 g/mol. The van der Waals surface area contributed by atoms with Crippen LogP contribution in [0, 0.1) is 0 Å². The number of hydrogen-bond donors (Lipinski definition) is 5. The van der Waals surface area contributed by atoms with Gasteiger partial charge in [0, 0.05) is 12.6 Å². The number of nitrogens with two attached hydrogens (primary N) is 2. The Morgan fingerprint density at radius 3 is 2.71 bits per heavy atom. The maximum atomic E-state index is 12.2. The maximum Gasteiger partial charge on any atom is 0.407 e. The lowest BCUT2D eigenvalue weighted by Gasteiger charge is -2.49. The van der Waals surface area contributed by atoms with Crippen molar-refractivity contribution in [2.75, 3.05) is 20.2 Å². The Bertz CT molecular complexity index is 679. The number of aliphatic imine (C=N–C) groups is 2. The predicted octanol–water partition coefficient (Wildman–Crippen LogP) is -0.880. The van der Waals surface area contributed by atoms with E-state index in [1.54, 1.807) is 0 Å². The molecule has 4 rings (SSSR count). The first-order valence-corrected chi connectivity index (χ1v) is 10.0. The molecule has 4 aliphatic rings. The van der Waals surface area contributed by atoms with Gasteiger partial charge in [-0.1, -0.05) is 19.3 Å². The van der Waals surface area contributed by atoms with Crippen LogP contribution >= 0.6 is 0 Å². The molecule has 2 fully saturated rings. The van der Waals surface area contributed by atoms with Crippen molar-refractivity contribution >= 4 is 18.0 Å². The zero-order valence-corrected chi connectivity index (χ0v) is 16.2. The van der Waals surface area contributed by atoms with Gasteiger partial charge in [-0.3, -0.25) is 5.21 Å². The molecule has 3 aliphatic heterocycles. The molecule has 1 saturated carbocycles. The van der Waals surface area contributed by atoms with Gasteiger partial charge in [-0.05, 0) is 26.3 Å². The van der Waals surface area contributed by atoms with Gasteiger partial charge < -0.3 is 31.7 Å². The second kappa shape index (κ2) is 7.28. The van der Waals surface area contributed by atoms with E-state index in [1.165, 1.54) is 6.42 Å². The van der Waals surface area contributed by atoms with Crippen LogP contribution in [0.3, 0.4) is 0 Å². The summed E-state index contributed by atoms with van der Waals surface area (Å²) in [6.07, 6.45) is 5.72. The largest absolute Gasteiger partial charge is 0.447 e. The van der Waals surface area contributed by atoms with E-state index in [4.69, 9.17) is 16.2 Å². The number of likely N-dealkylation sites (N-methyl/N-ethyl adjacent to an activating group) is 1. The first-order chi connectivity index (χ1) is 13.5. The fourth-order valence-electron chi connectivity index (χ4n) is 5.15. The third kappa shape index (κ3) is 2.84. The van der Waals surface area contributed by atoms with Gasteiger partial charge in [0.05, 0.1) is 6.04 Å². The maximum absolute atomic E-state index is 12.2. The lowest BCUT2D eigenvalue weighted by molar-refractivity contribution is -0.159. The topological polar surface area (TPSA) is 154 Å². The van der Waals surface area contributed by atoms with Crippen molar-refractivity contribution in [2.45, 2.75) is 68.4 Å². The summed E-state index contributed by atoms with van der Waals surface area (Å²) in [5, 5.41) is 17.9. The quantitative estimate of drug-likeness (QED) is 0.412. The smallest absolute Gasteiger partial charge is 0.407 e. The highest BCUT2D eigenvalue weighted by Crippen LogP contribution is 2.44. The van der Waals surface area contributed by atoms with Crippen LogP contribution in [0.4, 0.5) is 4.79 Å². The van der Waals surface area contributed by atoms with E-state index < -0.39 is 23.8 Å². The SMILES string of the molecule is CNC1CCN2C(N)=NC(COC(=O)NC3CCCCC3)C3N=C(N)N(O)C132. The van der Waals surface area contributed by atoms with Crippen LogP contribution in [0.2, 0.25) is 0 Å². The molecule has 0 radical (unpaired) electrons. The molecule has 11 heteroatoms. The van der Waals surface area contributed by atoms with Crippen LogP contribution in [0.5, 0.6) is 0 Å². The summed E-state index contributed by atoms with van der Waals surface area (Å²) in [5.41, 5.74) is 11.2. The molecule has 4 unspecified atom stereocenters. The van der Waals surface area contributed by atoms with E-state index in [9.17, 15) is 10.0 Å². The zero-order chi connectivity index (χ0) is 19.9. The van der Waals surface area contributed by atoms with Crippen molar-refractivity contribution in [2.24, 2.45) is 21.5 Å². The Kier molecular flexibility index (Phi) is 4.96. The Balaban J connectivity index is 1.49. The molecular formula is C17H30N8O3. The number of ether oxygens (including phenoxy) is 1. The Morgan fingerprint density at radius 1 is 1.25 bits per heavy atom. The minimum Gasteiger partial charge on any atom is -0.447 e. The highest BCUT2D eigenvalue weighted by Gasteiger charge is 2.66. The average Bonchev–Trinajstić information content (AvgIpc) is 3.21. The summed E-state index contributed by atoms with van der Waals surface area (Å²) < 4.78 is 5.46. The van der Waals surface area contributed by atoms with E-state index in [-0.39, 0.29) is 24.7 Å². The van der Waals surface area contributed by atoms with Gasteiger partial charge in [0.15, 0.2) is 11.6 Å². The van der Waals surface area contributed by atoms with Gasteiger partial charge >= 0.3 is 6.09 Å². The number of hydrogen-bond acceptors (Lipinski definition) is 10. The second-order valence-corrected chi connectivity index (χ2v) is 7.94. The Hall–Kier alpha value is -2.27. The zero-order valence-electron chi connectivity index (χ0n) is 16.2. The molecule has 1 aliphatic carbocycles. The lowest BCUT2D eigenvalue weighted by Crippen LogP contribution is -2.74. The Labute approximate surface area is 164 Å². The van der Waals surface area contributed by atoms with Gasteiger partial charge in [0.1, 0.15) is 18.7 Å². The van der Waals surface area contributed by atoms with Gasteiger partial charge in [0.25, 0.3) is 0 Å². The van der Waals surface area contributed by atoms with Crippen molar-refractivity contribution in [1.29, 1.82) is 0 Å². The van der Waals surface area contributed by atoms with E-state index in [0.29, 0.717) is 12.5 Å². The molecule has 4 atom stereocenters. The highest BCUT2D eigenvalue weighted by atomic mass is 16.5. The molecule has 156 valence electrons. The van der Waals surface area contributed by atoms with Crippen LogP contribution < -0.4 is 22.1 Å². The normalized spacial score (nSPS) is 35.1. The fraction of sp³-hybridized carbons (Fsp3) is 0.824. The van der Waals surface area contributed by atoms with Crippen molar-refractivity contribution in [3.63, 3.8) is 0 Å². The third-order valence-electron chi connectivity index (χ3n) is 6.45. The average molecular weight is 394 g/mol. The lowest BCUT2D eigenvalue weighted by atomic mass is 9.87. The molecule has 3 heterocycles. The molecule has 28 heavy (non-hydrogen) atoms. The van der Waals surface area contributed by atoms with E-state index in [1.807, 2.05) is 11.9 Å². The van der Waals surface area contributed by atoms with Crippen LogP contribution in [0.15, 0.2) is 9.98 Å². The van der Waals surface area contributed by atoms with Crippen molar-refractivity contribution in [3.8, 4) is 0 Å². The molecule has 0 aromatic heterocycles. The summed E-state index contributed by atoms with van der Waals surface area (Å²) in [6.45, 7) is 0.632. The third-order valence-corrected chi connectivity index (χ3v) is 6.45. The minimum absolute atomic E-state index is 0.0127. The molecule has 0 aromatic carbocycles. The number of nitrogens with zero attached hydrogens (tertiary/aromatic N) is 4. The molecule has 11 nitrogen and oxygen atoms in total. The van der Waals surface area contributed by atoms with E-state index in [2.05, 4.69) is 20.6 Å². The minimum atomic E-state index is -0.960. The first kappa shape index (κ1) is 19.1. The Morgan fingerprint density at radius 2 is 2.00 bits per heavy atom. The van der Waals surface area contributed by atoms with Crippen LogP contribution in [0.1, 0.15) is 38.5 Å². The summed E-state index contributed by atoms with van der Waals surface area (Å²) in [5.74, 6) is 0.304. The van der Waals surface area contributed by atoms with Crippen molar-refractivity contribution < 1.29 is 14.7 Å². The molecule has 0 bridgehead atoms. The highest BCUT2D eigenvalue weighted by molar-refractivity contribution is 5.86. The van der Waals surface area contributed by atoms with Crippen LogP contribution in [-0.2, 0) is 4.74 Å². The van der Waals surface area contributed by atoms with Gasteiger partial charge in [-0.25, -0.2) is 14.8 Å². The van der Waals surface area contributed by atoms with Crippen molar-refractivity contribution in [1.82, 2.24) is 20.6 Å². The standard InChI is InChI=1S/C17H30N8O3/c1-20-12-7-8-24-14(18)22-11(13-17(12,24)25(27)15(19)23-13)9-28-16(26)21-10-5-3-2-4-6-10/h10-13,20,27H,2-9H2,1H3,(H2,18,22)(H2,19,23)(H,21,26). The first-order valence-electron chi connectivity index (χ1n) is 10.0. The number of hydroxylamine groups is 2. The summed E-state index contributed by atoms with van der Waals surface area (Å²) in [4.78, 5) is 23.0. The number of rotatable bonds is 4. The molecule has 1 spiro atoms. The van der Waals surface area contributed by atoms with Crippen LogP contribution in [-0.4, -0.2) is 83.2 Å². The molecular weight excluding hydrogens is 364 g/mol. The number of amides is 1. The summed E-state index contributed by atoms with van der Waals surface area (Å²) >= 11 is 0. The predicted molar refractivity (Wildman–Crippen MR) is 103 cm³/mol. The fourth-order valence-corrected chi connectivity index (χ4v) is 5.15. The molecule has 0 aromatic rings. The number of carbonyl (C=O) groups is 1. The molecule has 1 amide bonds. The van der Waals surface area contributed by atoms with Gasteiger partial charge in [-0.15, -0.1) is 0 Å². The summed E-state index contributed by atoms with van der Waals surface area (Å²) in [6, 6.07) is -0.996. The number of alkyl carbamates (subject to hydrolysis) is 1. The number of guanidine groups is 2. The van der Waals surface area contributed by atoms with Crippen LogP contribution in [0.25, 0.3) is 0 Å². The van der Waals surface area contributed by atoms with Gasteiger partial charge in [-0.2, -0.15) is 5.06 Å². The van der Waals surface area contributed by atoms with Gasteiger partial charge in [0.2, 0.25) is 5.96 Å². The number of carbonyl (C=O) groups excluding carboxylic acids is 1. The molecule has 1 saturated heterocycles. The van der Waals surface area contributed by atoms with Crippen molar-refractivity contribution in [3.05, 3.63) is 0 Å². The summed E-state index contributed by atoms with van der Waals surface area (Å²) in [7, 11) is 1.83. The van der Waals surface area contributed by atoms with E-state index in [0.717, 1.165) is 37.2 Å². The number of nitrogens with one attached hydrogen (secondary N) is 2. The molecule has 7 N–H and O–H groups in total. The second-order valence-electron chi connectivity index (χ2n) is 7.94.